The highest BCUT2D eigenvalue weighted by Gasteiger charge is 2.29. The Kier molecular flexibility index (Phi) is 6.09. The van der Waals surface area contributed by atoms with Gasteiger partial charge in [-0.2, -0.15) is 0 Å². The van der Waals surface area contributed by atoms with Gasteiger partial charge in [0, 0.05) is 12.6 Å². The minimum atomic E-state index is -0.289. The van der Waals surface area contributed by atoms with E-state index in [4.69, 9.17) is 0 Å². The van der Waals surface area contributed by atoms with E-state index >= 15 is 0 Å². The molecule has 1 heterocycles. The summed E-state index contributed by atoms with van der Waals surface area (Å²) in [6.07, 6.45) is 4.42. The predicted octanol–water partition coefficient (Wildman–Crippen LogP) is 3.86. The van der Waals surface area contributed by atoms with Gasteiger partial charge in [0.1, 0.15) is 5.25 Å². The molecule has 5 nitrogen and oxygen atoms in total. The van der Waals surface area contributed by atoms with Crippen LogP contribution in [0.3, 0.4) is 0 Å². The fraction of sp³-hybridized carbons (Fsp3) is 0.471. The first kappa shape index (κ1) is 17.2. The Balaban J connectivity index is 1.68. The predicted molar refractivity (Wildman–Crippen MR) is 99.5 cm³/mol. The largest absolute Gasteiger partial charge is 0.360 e. The molecule has 128 valence electrons. The minimum absolute atomic E-state index is 0.0596. The van der Waals surface area contributed by atoms with Gasteiger partial charge in [-0.3, -0.25) is 4.79 Å². The zero-order chi connectivity index (χ0) is 16.8. The van der Waals surface area contributed by atoms with Gasteiger partial charge in [0.25, 0.3) is 0 Å². The number of anilines is 1. The molecule has 2 N–H and O–H groups in total. The molecule has 1 saturated carbocycles. The molecule has 1 aliphatic rings. The van der Waals surface area contributed by atoms with E-state index in [2.05, 4.69) is 27.8 Å². The van der Waals surface area contributed by atoms with Crippen LogP contribution >= 0.6 is 23.1 Å². The van der Waals surface area contributed by atoms with E-state index in [9.17, 15) is 4.79 Å². The van der Waals surface area contributed by atoms with Gasteiger partial charge in [0.15, 0.2) is 4.34 Å². The number of nitrogens with zero attached hydrogens (tertiary/aromatic N) is 2. The van der Waals surface area contributed by atoms with Crippen LogP contribution in [-0.4, -0.2) is 28.7 Å². The summed E-state index contributed by atoms with van der Waals surface area (Å²) in [7, 11) is 0. The second-order valence-corrected chi connectivity index (χ2v) is 8.17. The maximum atomic E-state index is 12.6. The van der Waals surface area contributed by atoms with Crippen LogP contribution in [0.5, 0.6) is 0 Å². The number of rotatable bonds is 9. The molecule has 1 fully saturated rings. The standard InChI is InChI=1S/C17H22N4OS2/c1-2-3-11-18-16-20-21-17(24-16)23-14(12-7-5-4-6-8-12)15(22)19-13-9-10-13/h4-8,13-14H,2-3,9-11H2,1H3,(H,18,20)(H,19,22)/t14-/m1/s1. The molecule has 1 atom stereocenters. The lowest BCUT2D eigenvalue weighted by Crippen LogP contribution is -2.29. The molecule has 1 amide bonds. The molecule has 0 spiro atoms. The summed E-state index contributed by atoms with van der Waals surface area (Å²) in [6.45, 7) is 3.06. The van der Waals surface area contributed by atoms with E-state index in [1.165, 1.54) is 23.1 Å². The maximum Gasteiger partial charge on any atom is 0.238 e. The summed E-state index contributed by atoms with van der Waals surface area (Å²) < 4.78 is 0.814. The summed E-state index contributed by atoms with van der Waals surface area (Å²) in [6, 6.07) is 10.2. The van der Waals surface area contributed by atoms with Crippen molar-refractivity contribution in [1.29, 1.82) is 0 Å². The molecular weight excluding hydrogens is 340 g/mol. The van der Waals surface area contributed by atoms with Crippen LogP contribution < -0.4 is 10.6 Å². The summed E-state index contributed by atoms with van der Waals surface area (Å²) >= 11 is 2.98. The van der Waals surface area contributed by atoms with E-state index in [1.807, 2.05) is 30.3 Å². The zero-order valence-electron chi connectivity index (χ0n) is 13.7. The quantitative estimate of drug-likeness (QED) is 0.524. The van der Waals surface area contributed by atoms with Gasteiger partial charge < -0.3 is 10.6 Å². The number of carbonyl (C=O) groups is 1. The number of hydrogen-bond donors (Lipinski definition) is 2. The van der Waals surface area contributed by atoms with Gasteiger partial charge >= 0.3 is 0 Å². The van der Waals surface area contributed by atoms with Crippen molar-refractivity contribution in [3.05, 3.63) is 35.9 Å². The lowest BCUT2D eigenvalue weighted by atomic mass is 10.1. The van der Waals surface area contributed by atoms with E-state index in [0.29, 0.717) is 6.04 Å². The molecule has 0 unspecified atom stereocenters. The van der Waals surface area contributed by atoms with Gasteiger partial charge in [-0.25, -0.2) is 0 Å². The molecule has 0 bridgehead atoms. The molecule has 1 aromatic carbocycles. The lowest BCUT2D eigenvalue weighted by Gasteiger charge is -2.15. The Morgan fingerprint density at radius 1 is 1.33 bits per heavy atom. The van der Waals surface area contributed by atoms with E-state index < -0.39 is 0 Å². The van der Waals surface area contributed by atoms with Crippen molar-refractivity contribution in [1.82, 2.24) is 15.5 Å². The number of unbranched alkanes of at least 4 members (excludes halogenated alkanes) is 1. The summed E-state index contributed by atoms with van der Waals surface area (Å²) in [5.41, 5.74) is 0.997. The van der Waals surface area contributed by atoms with E-state index in [1.54, 1.807) is 0 Å². The highest BCUT2D eigenvalue weighted by molar-refractivity contribution is 8.01. The Morgan fingerprint density at radius 3 is 2.83 bits per heavy atom. The third-order valence-electron chi connectivity index (χ3n) is 3.70. The van der Waals surface area contributed by atoms with Crippen molar-refractivity contribution in [2.75, 3.05) is 11.9 Å². The number of hydrogen-bond acceptors (Lipinski definition) is 6. The first-order valence-corrected chi connectivity index (χ1v) is 10.0. The van der Waals surface area contributed by atoms with Crippen molar-refractivity contribution >= 4 is 34.1 Å². The Labute approximate surface area is 150 Å². The molecule has 0 aliphatic heterocycles. The molecule has 0 saturated heterocycles. The van der Waals surface area contributed by atoms with Crippen molar-refractivity contribution in [2.45, 2.75) is 48.2 Å². The molecule has 2 aromatic rings. The second kappa shape index (κ2) is 8.48. The second-order valence-electron chi connectivity index (χ2n) is 5.84. The Hall–Kier alpha value is -1.60. The number of benzene rings is 1. The molecule has 3 rings (SSSR count). The van der Waals surface area contributed by atoms with Gasteiger partial charge in [-0.1, -0.05) is 66.8 Å². The van der Waals surface area contributed by atoms with Crippen LogP contribution in [0.1, 0.15) is 43.4 Å². The maximum absolute atomic E-state index is 12.6. The topological polar surface area (TPSA) is 66.9 Å². The molecular formula is C17H22N4OS2. The first-order chi connectivity index (χ1) is 11.8. The smallest absolute Gasteiger partial charge is 0.238 e. The van der Waals surface area contributed by atoms with Crippen molar-refractivity contribution in [2.24, 2.45) is 0 Å². The van der Waals surface area contributed by atoms with Crippen molar-refractivity contribution in [3.63, 3.8) is 0 Å². The monoisotopic (exact) mass is 362 g/mol. The zero-order valence-corrected chi connectivity index (χ0v) is 15.3. The van der Waals surface area contributed by atoms with Crippen LogP contribution in [0.25, 0.3) is 0 Å². The molecule has 1 aliphatic carbocycles. The summed E-state index contributed by atoms with van der Waals surface area (Å²) in [5, 5.41) is 15.3. The summed E-state index contributed by atoms with van der Waals surface area (Å²) in [5.74, 6) is 0.0596. The first-order valence-electron chi connectivity index (χ1n) is 8.35. The van der Waals surface area contributed by atoms with Gasteiger partial charge in [0.05, 0.1) is 0 Å². The van der Waals surface area contributed by atoms with Crippen LogP contribution in [0.15, 0.2) is 34.7 Å². The number of nitrogens with one attached hydrogen (secondary N) is 2. The fourth-order valence-electron chi connectivity index (χ4n) is 2.21. The Bertz CT molecular complexity index is 658. The van der Waals surface area contributed by atoms with Crippen LogP contribution in [0.4, 0.5) is 5.13 Å². The number of amides is 1. The highest BCUT2D eigenvalue weighted by Crippen LogP contribution is 2.38. The average molecular weight is 363 g/mol. The normalized spacial score (nSPS) is 15.0. The van der Waals surface area contributed by atoms with E-state index in [-0.39, 0.29) is 11.2 Å². The lowest BCUT2D eigenvalue weighted by molar-refractivity contribution is -0.120. The molecule has 7 heteroatoms. The highest BCUT2D eigenvalue weighted by atomic mass is 32.2. The van der Waals surface area contributed by atoms with Crippen molar-refractivity contribution < 1.29 is 4.79 Å². The number of aromatic nitrogens is 2. The number of thioether (sulfide) groups is 1. The van der Waals surface area contributed by atoms with E-state index in [0.717, 1.165) is 47.3 Å². The minimum Gasteiger partial charge on any atom is -0.360 e. The summed E-state index contributed by atoms with van der Waals surface area (Å²) in [4.78, 5) is 12.6. The molecule has 24 heavy (non-hydrogen) atoms. The van der Waals surface area contributed by atoms with Gasteiger partial charge in [-0.05, 0) is 24.8 Å². The van der Waals surface area contributed by atoms with Crippen LogP contribution in [0, 0.1) is 0 Å². The average Bonchev–Trinajstić information content (AvgIpc) is 3.30. The SMILES string of the molecule is CCCCNc1nnc(S[C@@H](C(=O)NC2CC2)c2ccccc2)s1. The van der Waals surface area contributed by atoms with Crippen LogP contribution in [-0.2, 0) is 4.79 Å². The van der Waals surface area contributed by atoms with Gasteiger partial charge in [0.2, 0.25) is 11.0 Å². The third-order valence-corrected chi connectivity index (χ3v) is 5.92. The fourth-order valence-corrected chi connectivity index (χ4v) is 4.19. The molecule has 0 radical (unpaired) electrons. The van der Waals surface area contributed by atoms with Crippen molar-refractivity contribution in [3.8, 4) is 0 Å². The third kappa shape index (κ3) is 4.95. The number of carbonyl (C=O) groups excluding carboxylic acids is 1. The Morgan fingerprint density at radius 2 is 2.12 bits per heavy atom. The van der Waals surface area contributed by atoms with Gasteiger partial charge in [-0.15, -0.1) is 10.2 Å². The van der Waals surface area contributed by atoms with Crippen LogP contribution in [0.2, 0.25) is 0 Å². The molecule has 1 aromatic heterocycles.